The summed E-state index contributed by atoms with van der Waals surface area (Å²) in [6.45, 7) is 3.82. The molecule has 1 atom stereocenters. The second-order valence-corrected chi connectivity index (χ2v) is 10.9. The highest BCUT2D eigenvalue weighted by molar-refractivity contribution is 7.92. The van der Waals surface area contributed by atoms with Gasteiger partial charge in [0.1, 0.15) is 11.5 Å². The summed E-state index contributed by atoms with van der Waals surface area (Å²) in [5.74, 6) is 0.494. The zero-order valence-corrected chi connectivity index (χ0v) is 21.1. The maximum absolute atomic E-state index is 13.6. The van der Waals surface area contributed by atoms with Crippen LogP contribution in [0.4, 0.5) is 17.1 Å². The molecule has 8 nitrogen and oxygen atoms in total. The smallest absolute Gasteiger partial charge is 0.267 e. The average Bonchev–Trinajstić information content (AvgIpc) is 3.43. The molecule has 1 saturated heterocycles. The molecule has 1 fully saturated rings. The lowest BCUT2D eigenvalue weighted by molar-refractivity contribution is -0.122. The number of methoxy groups -OCH3 is 1. The topological polar surface area (TPSA) is 88.2 Å². The second-order valence-electron chi connectivity index (χ2n) is 9.02. The first-order chi connectivity index (χ1) is 17.3. The van der Waals surface area contributed by atoms with Gasteiger partial charge < -0.3 is 19.7 Å². The van der Waals surface area contributed by atoms with Crippen molar-refractivity contribution in [2.24, 2.45) is 0 Å². The molecule has 0 saturated carbocycles. The summed E-state index contributed by atoms with van der Waals surface area (Å²) in [5.41, 5.74) is 3.05. The van der Waals surface area contributed by atoms with Gasteiger partial charge in [0.05, 0.1) is 24.2 Å². The summed E-state index contributed by atoms with van der Waals surface area (Å²) in [4.78, 5) is 15.6. The van der Waals surface area contributed by atoms with E-state index in [4.69, 9.17) is 9.47 Å². The lowest BCUT2D eigenvalue weighted by Gasteiger charge is -2.35. The fourth-order valence-corrected chi connectivity index (χ4v) is 6.03. The van der Waals surface area contributed by atoms with Crippen LogP contribution in [0.2, 0.25) is 0 Å². The molecule has 0 bridgehead atoms. The Bertz CT molecular complexity index is 1350. The van der Waals surface area contributed by atoms with Crippen LogP contribution in [0.1, 0.15) is 18.4 Å². The van der Waals surface area contributed by atoms with Crippen molar-refractivity contribution in [3.8, 4) is 11.5 Å². The van der Waals surface area contributed by atoms with E-state index in [2.05, 4.69) is 10.2 Å². The van der Waals surface area contributed by atoms with E-state index < -0.39 is 22.0 Å². The highest BCUT2D eigenvalue weighted by Crippen LogP contribution is 2.38. The van der Waals surface area contributed by atoms with Crippen molar-refractivity contribution >= 4 is 33.0 Å². The van der Waals surface area contributed by atoms with Gasteiger partial charge in [0, 0.05) is 24.5 Å². The summed E-state index contributed by atoms with van der Waals surface area (Å²) < 4.78 is 39.6. The minimum Gasteiger partial charge on any atom is -0.497 e. The number of anilines is 3. The van der Waals surface area contributed by atoms with Gasteiger partial charge in [0.25, 0.3) is 15.9 Å². The van der Waals surface area contributed by atoms with E-state index in [0.717, 1.165) is 24.3 Å². The van der Waals surface area contributed by atoms with E-state index in [0.29, 0.717) is 22.9 Å². The number of ether oxygens (including phenoxy) is 2. The Kier molecular flexibility index (Phi) is 6.49. The monoisotopic (exact) mass is 507 g/mol. The molecule has 1 unspecified atom stereocenters. The summed E-state index contributed by atoms with van der Waals surface area (Å²) in [6.07, 6.45) is 1.36. The third kappa shape index (κ3) is 4.70. The number of hydrogen-bond acceptors (Lipinski definition) is 6. The molecule has 36 heavy (non-hydrogen) atoms. The Hall–Kier alpha value is -3.72. The van der Waals surface area contributed by atoms with Gasteiger partial charge in [-0.3, -0.25) is 9.10 Å². The highest BCUT2D eigenvalue weighted by atomic mass is 32.2. The van der Waals surface area contributed by atoms with Gasteiger partial charge in [-0.15, -0.1) is 0 Å². The molecule has 2 heterocycles. The van der Waals surface area contributed by atoms with Crippen LogP contribution in [0.5, 0.6) is 11.5 Å². The van der Waals surface area contributed by atoms with Crippen LogP contribution in [0, 0.1) is 6.92 Å². The molecule has 188 valence electrons. The fourth-order valence-electron chi connectivity index (χ4n) is 4.55. The van der Waals surface area contributed by atoms with Crippen LogP contribution >= 0.6 is 0 Å². The van der Waals surface area contributed by atoms with Crippen LogP contribution in [-0.4, -0.2) is 47.2 Å². The van der Waals surface area contributed by atoms with E-state index in [1.807, 2.05) is 37.3 Å². The number of hydrogen-bond donors (Lipinski definition) is 1. The quantitative estimate of drug-likeness (QED) is 0.538. The predicted molar refractivity (Wildman–Crippen MR) is 140 cm³/mol. The normalized spacial score (nSPS) is 17.3. The number of rotatable bonds is 6. The molecule has 3 aromatic rings. The number of aryl methyl sites for hydroxylation is 1. The Labute approximate surface area is 211 Å². The van der Waals surface area contributed by atoms with E-state index in [-0.39, 0.29) is 11.4 Å². The van der Waals surface area contributed by atoms with Gasteiger partial charge in [0.15, 0.2) is 6.10 Å². The van der Waals surface area contributed by atoms with Gasteiger partial charge in [0.2, 0.25) is 0 Å². The first-order valence-electron chi connectivity index (χ1n) is 11.9. The maximum atomic E-state index is 13.6. The van der Waals surface area contributed by atoms with E-state index >= 15 is 0 Å². The Morgan fingerprint density at radius 3 is 2.36 bits per heavy atom. The molecule has 2 aliphatic heterocycles. The molecule has 0 spiro atoms. The molecule has 0 aromatic heterocycles. The molecule has 9 heteroatoms. The van der Waals surface area contributed by atoms with Crippen LogP contribution in [0.3, 0.4) is 0 Å². The van der Waals surface area contributed by atoms with Gasteiger partial charge in [-0.2, -0.15) is 0 Å². The van der Waals surface area contributed by atoms with Crippen molar-refractivity contribution in [1.29, 1.82) is 0 Å². The van der Waals surface area contributed by atoms with Crippen LogP contribution in [0.25, 0.3) is 0 Å². The molecule has 1 N–H and O–H groups in total. The summed E-state index contributed by atoms with van der Waals surface area (Å²) in [7, 11) is -2.43. The second kappa shape index (κ2) is 9.73. The zero-order valence-electron chi connectivity index (χ0n) is 20.3. The first-order valence-corrected chi connectivity index (χ1v) is 13.4. The third-order valence-corrected chi connectivity index (χ3v) is 8.32. The number of benzene rings is 3. The third-order valence-electron chi connectivity index (χ3n) is 6.53. The molecule has 2 aliphatic rings. The lowest BCUT2D eigenvalue weighted by Crippen LogP contribution is -2.48. The van der Waals surface area contributed by atoms with Crippen LogP contribution in [-0.2, 0) is 14.8 Å². The van der Waals surface area contributed by atoms with E-state index in [1.54, 1.807) is 24.3 Å². The van der Waals surface area contributed by atoms with Crippen molar-refractivity contribution in [3.63, 3.8) is 0 Å². The molecule has 3 aromatic carbocycles. The van der Waals surface area contributed by atoms with E-state index in [9.17, 15) is 13.2 Å². The van der Waals surface area contributed by atoms with Gasteiger partial charge in [-0.25, -0.2) is 8.42 Å². The Morgan fingerprint density at radius 2 is 1.69 bits per heavy atom. The van der Waals surface area contributed by atoms with Crippen molar-refractivity contribution in [3.05, 3.63) is 72.3 Å². The zero-order chi connectivity index (χ0) is 25.3. The minimum atomic E-state index is -3.96. The van der Waals surface area contributed by atoms with Crippen LogP contribution in [0.15, 0.2) is 71.6 Å². The van der Waals surface area contributed by atoms with Gasteiger partial charge in [-0.05, 0) is 86.0 Å². The Balaban J connectivity index is 1.39. The molecule has 0 radical (unpaired) electrons. The standard InChI is InChI=1S/C27H29N3O5S/c1-19-5-14-24-25(17-19)35-26(18-30(24)36(32,33)23-12-10-22(34-2)11-13-23)27(31)28-20-6-8-21(9-7-20)29-15-3-4-16-29/h5-14,17,26H,3-4,15-16,18H2,1-2H3,(H,28,31). The largest absolute Gasteiger partial charge is 0.497 e. The van der Waals surface area contributed by atoms with Crippen molar-refractivity contribution < 1.29 is 22.7 Å². The van der Waals surface area contributed by atoms with Crippen molar-refractivity contribution in [2.45, 2.75) is 30.8 Å². The van der Waals surface area contributed by atoms with Crippen LogP contribution < -0.4 is 24.0 Å². The number of carbonyl (C=O) groups excluding carboxylic acids is 1. The summed E-state index contributed by atoms with van der Waals surface area (Å²) >= 11 is 0. The number of sulfonamides is 1. The van der Waals surface area contributed by atoms with Crippen molar-refractivity contribution in [1.82, 2.24) is 0 Å². The Morgan fingerprint density at radius 1 is 1.00 bits per heavy atom. The molecular weight excluding hydrogens is 478 g/mol. The van der Waals surface area contributed by atoms with Gasteiger partial charge >= 0.3 is 0 Å². The van der Waals surface area contributed by atoms with Gasteiger partial charge in [-0.1, -0.05) is 6.07 Å². The van der Waals surface area contributed by atoms with Crippen molar-refractivity contribution in [2.75, 3.05) is 41.3 Å². The number of nitrogens with zero attached hydrogens (tertiary/aromatic N) is 2. The first kappa shape index (κ1) is 24.0. The SMILES string of the molecule is COc1ccc(S(=O)(=O)N2CC(C(=O)Nc3ccc(N4CCCC4)cc3)Oc3cc(C)ccc32)cc1. The maximum Gasteiger partial charge on any atom is 0.267 e. The molecule has 0 aliphatic carbocycles. The molecule has 5 rings (SSSR count). The average molecular weight is 508 g/mol. The number of nitrogens with one attached hydrogen (secondary N) is 1. The molecule has 1 amide bonds. The summed E-state index contributed by atoms with van der Waals surface area (Å²) in [6, 6.07) is 19.1. The summed E-state index contributed by atoms with van der Waals surface area (Å²) in [5, 5.41) is 2.88. The number of amides is 1. The predicted octanol–water partition coefficient (Wildman–Crippen LogP) is 4.20. The number of carbonyl (C=O) groups is 1. The minimum absolute atomic E-state index is 0.105. The van der Waals surface area contributed by atoms with E-state index in [1.165, 1.54) is 36.4 Å². The fraction of sp³-hybridized carbons (Fsp3) is 0.296. The lowest BCUT2D eigenvalue weighted by atomic mass is 10.1. The number of fused-ring (bicyclic) bond motifs is 1. The molecular formula is C27H29N3O5S. The highest BCUT2D eigenvalue weighted by Gasteiger charge is 2.37.